The summed E-state index contributed by atoms with van der Waals surface area (Å²) in [6.07, 6.45) is 1.74. The summed E-state index contributed by atoms with van der Waals surface area (Å²) in [6, 6.07) is 13.9. The Morgan fingerprint density at radius 3 is 2.70 bits per heavy atom. The second kappa shape index (κ2) is 5.21. The van der Waals surface area contributed by atoms with E-state index in [0.29, 0.717) is 10.9 Å². The lowest BCUT2D eigenvalue weighted by Gasteiger charge is -2.06. The largest absolute Gasteiger partial charge is 0.340 e. The summed E-state index contributed by atoms with van der Waals surface area (Å²) in [5.41, 5.74) is 1.36. The van der Waals surface area contributed by atoms with Gasteiger partial charge in [0.2, 0.25) is 0 Å². The molecule has 100 valence electrons. The molecule has 0 aliphatic carbocycles. The summed E-state index contributed by atoms with van der Waals surface area (Å²) < 4.78 is 16.2. The Morgan fingerprint density at radius 1 is 1.10 bits per heavy atom. The number of Topliss-reactive ketones (excluding diaryl/α,β-unsaturated/α-hetero) is 1. The van der Waals surface area contributed by atoms with Crippen molar-refractivity contribution in [3.8, 4) is 0 Å². The van der Waals surface area contributed by atoms with Crippen LogP contribution < -0.4 is 0 Å². The molecule has 20 heavy (non-hydrogen) atoms. The highest BCUT2D eigenvalue weighted by atomic mass is 79.9. The fraction of sp³-hybridized carbons (Fsp3) is 0.0625. The number of nitrogens with zero attached hydrogens (tertiary/aromatic N) is 1. The molecule has 3 rings (SSSR count). The van der Waals surface area contributed by atoms with Crippen LogP contribution in [0.2, 0.25) is 0 Å². The van der Waals surface area contributed by atoms with Gasteiger partial charge in [-0.25, -0.2) is 4.39 Å². The fourth-order valence-corrected chi connectivity index (χ4v) is 2.76. The molecule has 0 amide bonds. The molecule has 1 aromatic heterocycles. The van der Waals surface area contributed by atoms with Gasteiger partial charge < -0.3 is 4.57 Å². The van der Waals surface area contributed by atoms with Gasteiger partial charge in [0.1, 0.15) is 5.82 Å². The van der Waals surface area contributed by atoms with E-state index in [4.69, 9.17) is 0 Å². The van der Waals surface area contributed by atoms with Crippen molar-refractivity contribution in [2.75, 3.05) is 0 Å². The van der Waals surface area contributed by atoms with Crippen molar-refractivity contribution >= 4 is 32.6 Å². The number of benzene rings is 2. The maximum Gasteiger partial charge on any atom is 0.183 e. The first-order valence-corrected chi connectivity index (χ1v) is 6.97. The van der Waals surface area contributed by atoms with E-state index in [-0.39, 0.29) is 18.1 Å². The van der Waals surface area contributed by atoms with E-state index in [1.54, 1.807) is 29.0 Å². The Morgan fingerprint density at radius 2 is 1.90 bits per heavy atom. The predicted molar refractivity (Wildman–Crippen MR) is 80.4 cm³/mol. The van der Waals surface area contributed by atoms with Crippen LogP contribution in [0.5, 0.6) is 0 Å². The van der Waals surface area contributed by atoms with E-state index < -0.39 is 0 Å². The molecule has 0 atom stereocenters. The Bertz CT molecular complexity index is 794. The molecule has 0 bridgehead atoms. The van der Waals surface area contributed by atoms with Crippen molar-refractivity contribution < 1.29 is 9.18 Å². The summed E-state index contributed by atoms with van der Waals surface area (Å²) >= 11 is 3.37. The van der Waals surface area contributed by atoms with Crippen molar-refractivity contribution in [2.24, 2.45) is 0 Å². The third kappa shape index (κ3) is 2.27. The van der Waals surface area contributed by atoms with Gasteiger partial charge in [0.05, 0.1) is 12.1 Å². The lowest BCUT2D eigenvalue weighted by Crippen LogP contribution is -2.10. The van der Waals surface area contributed by atoms with E-state index in [1.807, 2.05) is 24.3 Å². The number of hydrogen-bond donors (Lipinski definition) is 0. The molecule has 0 saturated carbocycles. The van der Waals surface area contributed by atoms with Gasteiger partial charge in [0.15, 0.2) is 5.78 Å². The van der Waals surface area contributed by atoms with Gasteiger partial charge >= 0.3 is 0 Å². The van der Waals surface area contributed by atoms with E-state index in [1.165, 1.54) is 6.07 Å². The normalized spacial score (nSPS) is 10.9. The number of hydrogen-bond acceptors (Lipinski definition) is 1. The first-order valence-electron chi connectivity index (χ1n) is 6.18. The highest BCUT2D eigenvalue weighted by molar-refractivity contribution is 9.10. The second-order valence-corrected chi connectivity index (χ2v) is 5.37. The van der Waals surface area contributed by atoms with E-state index in [9.17, 15) is 9.18 Å². The topological polar surface area (TPSA) is 22.0 Å². The molecule has 0 radical (unpaired) electrons. The van der Waals surface area contributed by atoms with Crippen LogP contribution in [0.15, 0.2) is 59.2 Å². The third-order valence-corrected chi connectivity index (χ3v) is 3.94. The molecule has 4 heteroatoms. The third-order valence-electron chi connectivity index (χ3n) is 3.25. The highest BCUT2D eigenvalue weighted by Gasteiger charge is 2.12. The van der Waals surface area contributed by atoms with Gasteiger partial charge in [0, 0.05) is 21.6 Å². The van der Waals surface area contributed by atoms with Gasteiger partial charge in [-0.15, -0.1) is 0 Å². The Hall–Kier alpha value is -1.94. The first-order chi connectivity index (χ1) is 9.66. The number of ketones is 1. The zero-order chi connectivity index (χ0) is 14.1. The molecule has 2 aromatic carbocycles. The van der Waals surface area contributed by atoms with Gasteiger partial charge in [0.25, 0.3) is 0 Å². The average molecular weight is 332 g/mol. The molecule has 0 N–H and O–H groups in total. The quantitative estimate of drug-likeness (QED) is 0.651. The highest BCUT2D eigenvalue weighted by Crippen LogP contribution is 2.21. The number of carbonyl (C=O) groups excluding carboxylic acids is 1. The molecule has 2 nitrogen and oxygen atoms in total. The monoisotopic (exact) mass is 331 g/mol. The number of rotatable bonds is 3. The molecular formula is C16H11BrFNO. The molecule has 0 fully saturated rings. The molecule has 3 aromatic rings. The summed E-state index contributed by atoms with van der Waals surface area (Å²) in [4.78, 5) is 12.3. The summed E-state index contributed by atoms with van der Waals surface area (Å²) in [6.45, 7) is 0.190. The molecule has 0 aliphatic rings. The van der Waals surface area contributed by atoms with Gasteiger partial charge in [-0.1, -0.05) is 40.2 Å². The molecule has 0 saturated heterocycles. The van der Waals surface area contributed by atoms with Crippen LogP contribution >= 0.6 is 15.9 Å². The van der Waals surface area contributed by atoms with Crippen molar-refractivity contribution in [3.63, 3.8) is 0 Å². The standard InChI is InChI=1S/C16H11BrFNO/c17-13-5-2-1-4-11(13)16(20)10-19-9-8-12-14(18)6-3-7-15(12)19/h1-9H,10H2. The minimum atomic E-state index is -0.269. The van der Waals surface area contributed by atoms with Crippen LogP contribution in [-0.2, 0) is 6.54 Å². The van der Waals surface area contributed by atoms with Crippen LogP contribution in [0.1, 0.15) is 10.4 Å². The van der Waals surface area contributed by atoms with Crippen LogP contribution in [0.4, 0.5) is 4.39 Å². The van der Waals surface area contributed by atoms with Crippen molar-refractivity contribution in [1.82, 2.24) is 4.57 Å². The van der Waals surface area contributed by atoms with Crippen LogP contribution in [0, 0.1) is 5.82 Å². The number of fused-ring (bicyclic) bond motifs is 1. The van der Waals surface area contributed by atoms with E-state index in [2.05, 4.69) is 15.9 Å². The van der Waals surface area contributed by atoms with Gasteiger partial charge in [-0.05, 0) is 24.3 Å². The maximum absolute atomic E-state index is 13.6. The second-order valence-electron chi connectivity index (χ2n) is 4.52. The zero-order valence-electron chi connectivity index (χ0n) is 10.5. The van der Waals surface area contributed by atoms with Crippen LogP contribution in [0.3, 0.4) is 0 Å². The number of carbonyl (C=O) groups is 1. The molecule has 1 heterocycles. The summed E-state index contributed by atoms with van der Waals surface area (Å²) in [5, 5.41) is 0.535. The SMILES string of the molecule is O=C(Cn1ccc2c(F)cccc21)c1ccccc1Br. The van der Waals surface area contributed by atoms with Crippen molar-refractivity contribution in [1.29, 1.82) is 0 Å². The maximum atomic E-state index is 13.6. The smallest absolute Gasteiger partial charge is 0.183 e. The lowest BCUT2D eigenvalue weighted by atomic mass is 10.1. The zero-order valence-corrected chi connectivity index (χ0v) is 12.1. The molecule has 0 aliphatic heterocycles. The van der Waals surface area contributed by atoms with E-state index in [0.717, 1.165) is 9.99 Å². The summed E-state index contributed by atoms with van der Waals surface area (Å²) in [7, 11) is 0. The minimum absolute atomic E-state index is 0.0146. The molecule has 0 unspecified atom stereocenters. The van der Waals surface area contributed by atoms with Crippen LogP contribution in [0.25, 0.3) is 10.9 Å². The Kier molecular flexibility index (Phi) is 3.40. The van der Waals surface area contributed by atoms with Crippen molar-refractivity contribution in [3.05, 3.63) is 70.6 Å². The minimum Gasteiger partial charge on any atom is -0.340 e. The number of aromatic nitrogens is 1. The first kappa shape index (κ1) is 13.1. The molecular weight excluding hydrogens is 321 g/mol. The lowest BCUT2D eigenvalue weighted by molar-refractivity contribution is 0.0973. The van der Waals surface area contributed by atoms with Crippen LogP contribution in [-0.4, -0.2) is 10.4 Å². The predicted octanol–water partition coefficient (Wildman–Crippen LogP) is 4.43. The average Bonchev–Trinajstić information content (AvgIpc) is 2.84. The van der Waals surface area contributed by atoms with E-state index >= 15 is 0 Å². The fourth-order valence-electron chi connectivity index (χ4n) is 2.25. The number of halogens is 2. The molecule has 0 spiro atoms. The van der Waals surface area contributed by atoms with Gasteiger partial charge in [-0.3, -0.25) is 4.79 Å². The van der Waals surface area contributed by atoms with Gasteiger partial charge in [-0.2, -0.15) is 0 Å². The van der Waals surface area contributed by atoms with Crippen molar-refractivity contribution in [2.45, 2.75) is 6.54 Å². The Balaban J connectivity index is 1.96. The Labute approximate surface area is 124 Å². The summed E-state index contributed by atoms with van der Waals surface area (Å²) in [5.74, 6) is -0.283.